The molecular formula is C10H18N2O2. The van der Waals surface area contributed by atoms with Crippen molar-refractivity contribution in [2.45, 2.75) is 37.5 Å². The van der Waals surface area contributed by atoms with Crippen LogP contribution in [0.1, 0.15) is 19.3 Å². The van der Waals surface area contributed by atoms with Crippen LogP contribution in [0, 0.1) is 0 Å². The molecule has 0 spiro atoms. The second-order valence-electron chi connectivity index (χ2n) is 4.39. The third-order valence-electron chi connectivity index (χ3n) is 3.12. The lowest BCUT2D eigenvalue weighted by Gasteiger charge is -2.20. The lowest BCUT2D eigenvalue weighted by molar-refractivity contribution is -0.127. The molecule has 1 N–H and O–H groups in total. The SMILES string of the molecule is CN(C)C(=O)CNC1CC2CCC1O2. The van der Waals surface area contributed by atoms with Gasteiger partial charge in [-0.1, -0.05) is 0 Å². The quantitative estimate of drug-likeness (QED) is 0.693. The Hall–Kier alpha value is -0.610. The van der Waals surface area contributed by atoms with Crippen LogP contribution in [0.3, 0.4) is 0 Å². The van der Waals surface area contributed by atoms with Crippen LogP contribution in [0.15, 0.2) is 0 Å². The van der Waals surface area contributed by atoms with Gasteiger partial charge in [0.2, 0.25) is 5.91 Å². The van der Waals surface area contributed by atoms with Crippen molar-refractivity contribution in [1.29, 1.82) is 0 Å². The summed E-state index contributed by atoms with van der Waals surface area (Å²) in [4.78, 5) is 12.9. The molecule has 14 heavy (non-hydrogen) atoms. The number of carbonyl (C=O) groups excluding carboxylic acids is 1. The zero-order valence-electron chi connectivity index (χ0n) is 8.82. The number of fused-ring (bicyclic) bond motifs is 2. The molecule has 4 heteroatoms. The first-order valence-electron chi connectivity index (χ1n) is 5.26. The first kappa shape index (κ1) is 9.93. The van der Waals surface area contributed by atoms with E-state index in [1.807, 2.05) is 0 Å². The lowest BCUT2D eigenvalue weighted by Crippen LogP contribution is -2.43. The van der Waals surface area contributed by atoms with Gasteiger partial charge in [-0.15, -0.1) is 0 Å². The molecular weight excluding hydrogens is 180 g/mol. The van der Waals surface area contributed by atoms with Gasteiger partial charge in [0, 0.05) is 20.1 Å². The van der Waals surface area contributed by atoms with Crippen molar-refractivity contribution in [3.63, 3.8) is 0 Å². The summed E-state index contributed by atoms with van der Waals surface area (Å²) in [5, 5.41) is 3.28. The van der Waals surface area contributed by atoms with Gasteiger partial charge in [-0.3, -0.25) is 4.79 Å². The zero-order chi connectivity index (χ0) is 10.1. The van der Waals surface area contributed by atoms with Crippen LogP contribution in [0.4, 0.5) is 0 Å². The van der Waals surface area contributed by atoms with Crippen LogP contribution >= 0.6 is 0 Å². The Kier molecular flexibility index (Phi) is 2.74. The largest absolute Gasteiger partial charge is 0.373 e. The summed E-state index contributed by atoms with van der Waals surface area (Å²) in [6, 6.07) is 0.401. The van der Waals surface area contributed by atoms with Gasteiger partial charge in [0.25, 0.3) is 0 Å². The molecule has 0 aliphatic carbocycles. The summed E-state index contributed by atoms with van der Waals surface area (Å²) in [5.41, 5.74) is 0. The third kappa shape index (κ3) is 1.91. The molecule has 80 valence electrons. The van der Waals surface area contributed by atoms with Crippen molar-refractivity contribution in [2.24, 2.45) is 0 Å². The summed E-state index contributed by atoms with van der Waals surface area (Å²) >= 11 is 0. The molecule has 0 aromatic rings. The fourth-order valence-corrected chi connectivity index (χ4v) is 2.23. The van der Waals surface area contributed by atoms with Crippen LogP contribution in [-0.4, -0.2) is 49.7 Å². The molecule has 3 atom stereocenters. The molecule has 0 saturated carbocycles. The number of likely N-dealkylation sites (N-methyl/N-ethyl adjacent to an activating group) is 1. The molecule has 2 saturated heterocycles. The molecule has 2 bridgehead atoms. The van der Waals surface area contributed by atoms with Crippen LogP contribution in [-0.2, 0) is 9.53 Å². The predicted molar refractivity (Wildman–Crippen MR) is 53.0 cm³/mol. The number of nitrogens with zero attached hydrogens (tertiary/aromatic N) is 1. The van der Waals surface area contributed by atoms with E-state index in [2.05, 4.69) is 5.32 Å². The molecule has 0 aromatic carbocycles. The molecule has 2 aliphatic rings. The normalized spacial score (nSPS) is 34.9. The third-order valence-corrected chi connectivity index (χ3v) is 3.12. The molecule has 2 heterocycles. The molecule has 2 fully saturated rings. The van der Waals surface area contributed by atoms with Crippen LogP contribution in [0.25, 0.3) is 0 Å². The van der Waals surface area contributed by atoms with Crippen molar-refractivity contribution in [2.75, 3.05) is 20.6 Å². The summed E-state index contributed by atoms with van der Waals surface area (Å²) < 4.78 is 5.69. The number of ether oxygens (including phenoxy) is 1. The number of carbonyl (C=O) groups is 1. The fraction of sp³-hybridized carbons (Fsp3) is 0.900. The number of rotatable bonds is 3. The highest BCUT2D eigenvalue weighted by Gasteiger charge is 2.40. The van der Waals surface area contributed by atoms with Crippen molar-refractivity contribution < 1.29 is 9.53 Å². The minimum absolute atomic E-state index is 0.132. The Labute approximate surface area is 84.6 Å². The van der Waals surface area contributed by atoms with Crippen LogP contribution in [0.2, 0.25) is 0 Å². The highest BCUT2D eigenvalue weighted by Crippen LogP contribution is 2.34. The molecule has 1 amide bonds. The lowest BCUT2D eigenvalue weighted by atomic mass is 9.95. The smallest absolute Gasteiger partial charge is 0.236 e. The van der Waals surface area contributed by atoms with E-state index in [1.54, 1.807) is 19.0 Å². The van der Waals surface area contributed by atoms with E-state index in [0.29, 0.717) is 24.8 Å². The number of hydrogen-bond acceptors (Lipinski definition) is 3. The average molecular weight is 198 g/mol. The monoisotopic (exact) mass is 198 g/mol. The zero-order valence-corrected chi connectivity index (χ0v) is 8.82. The first-order valence-corrected chi connectivity index (χ1v) is 5.26. The van der Waals surface area contributed by atoms with Gasteiger partial charge in [-0.05, 0) is 19.3 Å². The average Bonchev–Trinajstić information content (AvgIpc) is 2.74. The van der Waals surface area contributed by atoms with E-state index < -0.39 is 0 Å². The molecule has 0 radical (unpaired) electrons. The molecule has 2 rings (SSSR count). The summed E-state index contributed by atoms with van der Waals surface area (Å²) in [6.07, 6.45) is 4.23. The van der Waals surface area contributed by atoms with E-state index in [1.165, 1.54) is 6.42 Å². The standard InChI is InChI=1S/C10H18N2O2/c1-12(2)10(13)6-11-8-5-7-3-4-9(8)14-7/h7-9,11H,3-6H2,1-2H3. The maximum Gasteiger partial charge on any atom is 0.236 e. The number of hydrogen-bond donors (Lipinski definition) is 1. The number of nitrogens with one attached hydrogen (secondary N) is 1. The van der Waals surface area contributed by atoms with Gasteiger partial charge in [-0.25, -0.2) is 0 Å². The van der Waals surface area contributed by atoms with Crippen molar-refractivity contribution >= 4 is 5.91 Å². The van der Waals surface area contributed by atoms with Crippen LogP contribution < -0.4 is 5.32 Å². The summed E-state index contributed by atoms with van der Waals surface area (Å²) in [5.74, 6) is 0.132. The topological polar surface area (TPSA) is 41.6 Å². The van der Waals surface area contributed by atoms with Gasteiger partial charge in [0.15, 0.2) is 0 Å². The van der Waals surface area contributed by atoms with E-state index in [9.17, 15) is 4.79 Å². The van der Waals surface area contributed by atoms with E-state index in [0.717, 1.165) is 12.8 Å². The first-order chi connectivity index (χ1) is 6.66. The van der Waals surface area contributed by atoms with Gasteiger partial charge < -0.3 is 15.0 Å². The maximum atomic E-state index is 11.3. The Bertz CT molecular complexity index is 230. The van der Waals surface area contributed by atoms with Crippen molar-refractivity contribution in [3.05, 3.63) is 0 Å². The Morgan fingerprint density at radius 2 is 2.29 bits per heavy atom. The highest BCUT2D eigenvalue weighted by molar-refractivity contribution is 5.77. The second kappa shape index (κ2) is 3.87. The van der Waals surface area contributed by atoms with Gasteiger partial charge in [-0.2, -0.15) is 0 Å². The van der Waals surface area contributed by atoms with Gasteiger partial charge in [0.05, 0.1) is 18.8 Å². The van der Waals surface area contributed by atoms with E-state index in [4.69, 9.17) is 4.74 Å². The van der Waals surface area contributed by atoms with Crippen LogP contribution in [0.5, 0.6) is 0 Å². The predicted octanol–water partition coefficient (Wildman–Crippen LogP) is -0.0159. The molecule has 3 unspecified atom stereocenters. The maximum absolute atomic E-state index is 11.3. The molecule has 0 aromatic heterocycles. The molecule has 4 nitrogen and oxygen atoms in total. The number of amides is 1. The van der Waals surface area contributed by atoms with E-state index in [-0.39, 0.29) is 5.91 Å². The van der Waals surface area contributed by atoms with Crippen molar-refractivity contribution in [1.82, 2.24) is 10.2 Å². The summed E-state index contributed by atoms with van der Waals surface area (Å²) in [6.45, 7) is 0.435. The minimum atomic E-state index is 0.132. The van der Waals surface area contributed by atoms with Gasteiger partial charge in [0.1, 0.15) is 0 Å². The van der Waals surface area contributed by atoms with Gasteiger partial charge >= 0.3 is 0 Å². The fourth-order valence-electron chi connectivity index (χ4n) is 2.23. The van der Waals surface area contributed by atoms with Crippen molar-refractivity contribution in [3.8, 4) is 0 Å². The second-order valence-corrected chi connectivity index (χ2v) is 4.39. The minimum Gasteiger partial charge on any atom is -0.373 e. The summed E-state index contributed by atoms with van der Waals surface area (Å²) in [7, 11) is 3.56. The molecule has 2 aliphatic heterocycles. The Morgan fingerprint density at radius 1 is 1.50 bits per heavy atom. The Balaban J connectivity index is 1.74. The highest BCUT2D eigenvalue weighted by atomic mass is 16.5. The van der Waals surface area contributed by atoms with E-state index >= 15 is 0 Å². The Morgan fingerprint density at radius 3 is 2.79 bits per heavy atom.